The van der Waals surface area contributed by atoms with Crippen molar-refractivity contribution in [2.75, 3.05) is 18.8 Å². The van der Waals surface area contributed by atoms with E-state index in [-0.39, 0.29) is 5.91 Å². The summed E-state index contributed by atoms with van der Waals surface area (Å²) in [4.78, 5) is 18.9. The Hall–Kier alpha value is -1.58. The van der Waals surface area contributed by atoms with Gasteiger partial charge >= 0.3 is 0 Å². The number of likely N-dealkylation sites (tertiary alicyclic amines) is 1. The van der Waals surface area contributed by atoms with Gasteiger partial charge in [0.25, 0.3) is 5.91 Å². The van der Waals surface area contributed by atoms with Crippen molar-refractivity contribution in [3.8, 4) is 0 Å². The fourth-order valence-corrected chi connectivity index (χ4v) is 2.77. The summed E-state index contributed by atoms with van der Waals surface area (Å²) in [6.07, 6.45) is 5.26. The number of nitrogens with two attached hydrogens (primary N) is 1. The highest BCUT2D eigenvalue weighted by atomic mass is 16.2. The molecule has 4 heteroatoms. The molecule has 1 aliphatic rings. The van der Waals surface area contributed by atoms with Crippen LogP contribution in [0.3, 0.4) is 0 Å². The van der Waals surface area contributed by atoms with E-state index in [4.69, 9.17) is 5.73 Å². The summed E-state index contributed by atoms with van der Waals surface area (Å²) in [6, 6.07) is 3.60. The SMILES string of the molecule is CCCc1cc(C(=O)N2CCCC(C)CC2)cc(N)n1. The van der Waals surface area contributed by atoms with Crippen molar-refractivity contribution in [3.05, 3.63) is 23.4 Å². The van der Waals surface area contributed by atoms with Crippen LogP contribution in [-0.2, 0) is 6.42 Å². The highest BCUT2D eigenvalue weighted by Gasteiger charge is 2.20. The molecule has 2 N–H and O–H groups in total. The van der Waals surface area contributed by atoms with Crippen LogP contribution in [0.25, 0.3) is 0 Å². The quantitative estimate of drug-likeness (QED) is 0.922. The number of amides is 1. The van der Waals surface area contributed by atoms with Crippen LogP contribution in [0.2, 0.25) is 0 Å². The average Bonchev–Trinajstić information content (AvgIpc) is 2.62. The zero-order chi connectivity index (χ0) is 14.5. The minimum Gasteiger partial charge on any atom is -0.384 e. The number of anilines is 1. The van der Waals surface area contributed by atoms with Crippen molar-refractivity contribution in [3.63, 3.8) is 0 Å². The third-order valence-corrected chi connectivity index (χ3v) is 3.96. The van der Waals surface area contributed by atoms with Crippen LogP contribution in [0.4, 0.5) is 5.82 Å². The zero-order valence-electron chi connectivity index (χ0n) is 12.6. The molecule has 1 aromatic rings. The largest absolute Gasteiger partial charge is 0.384 e. The number of rotatable bonds is 3. The van der Waals surface area contributed by atoms with Gasteiger partial charge in [0.05, 0.1) is 0 Å². The molecule has 1 aliphatic heterocycles. The predicted octanol–water partition coefficient (Wildman–Crippen LogP) is 2.88. The summed E-state index contributed by atoms with van der Waals surface area (Å²) >= 11 is 0. The number of pyridine rings is 1. The second-order valence-corrected chi connectivity index (χ2v) is 5.85. The molecule has 4 nitrogen and oxygen atoms in total. The number of hydrogen-bond acceptors (Lipinski definition) is 3. The van der Waals surface area contributed by atoms with Crippen LogP contribution in [0.15, 0.2) is 12.1 Å². The fourth-order valence-electron chi connectivity index (χ4n) is 2.77. The molecule has 2 heterocycles. The van der Waals surface area contributed by atoms with Crippen LogP contribution >= 0.6 is 0 Å². The molecule has 0 saturated carbocycles. The maximum Gasteiger partial charge on any atom is 0.254 e. The van der Waals surface area contributed by atoms with Crippen LogP contribution in [0.5, 0.6) is 0 Å². The molecular weight excluding hydrogens is 250 g/mol. The lowest BCUT2D eigenvalue weighted by Gasteiger charge is -2.21. The van der Waals surface area contributed by atoms with E-state index < -0.39 is 0 Å². The predicted molar refractivity (Wildman–Crippen MR) is 81.6 cm³/mol. The number of nitrogen functional groups attached to an aromatic ring is 1. The lowest BCUT2D eigenvalue weighted by Crippen LogP contribution is -2.32. The molecule has 1 fully saturated rings. The molecule has 2 rings (SSSR count). The third-order valence-electron chi connectivity index (χ3n) is 3.96. The maximum absolute atomic E-state index is 12.6. The fraction of sp³-hybridized carbons (Fsp3) is 0.625. The van der Waals surface area contributed by atoms with Gasteiger partial charge in [0.1, 0.15) is 5.82 Å². The third kappa shape index (κ3) is 3.71. The standard InChI is InChI=1S/C16H25N3O/c1-3-5-14-10-13(11-15(17)18-14)16(20)19-8-4-6-12(2)7-9-19/h10-12H,3-9H2,1-2H3,(H2,17,18). The van der Waals surface area contributed by atoms with Crippen LogP contribution in [0, 0.1) is 5.92 Å². The van der Waals surface area contributed by atoms with Gasteiger partial charge < -0.3 is 10.6 Å². The van der Waals surface area contributed by atoms with Gasteiger partial charge in [0, 0.05) is 24.3 Å². The molecule has 0 aliphatic carbocycles. The smallest absolute Gasteiger partial charge is 0.254 e. The first-order valence-corrected chi connectivity index (χ1v) is 7.66. The van der Waals surface area contributed by atoms with E-state index in [2.05, 4.69) is 18.8 Å². The van der Waals surface area contributed by atoms with Gasteiger partial charge in [0.2, 0.25) is 0 Å². The number of aryl methyl sites for hydroxylation is 1. The van der Waals surface area contributed by atoms with E-state index in [1.807, 2.05) is 11.0 Å². The molecule has 0 spiro atoms. The molecule has 1 atom stereocenters. The minimum atomic E-state index is 0.102. The van der Waals surface area contributed by atoms with Crippen LogP contribution in [0.1, 0.15) is 55.6 Å². The van der Waals surface area contributed by atoms with Gasteiger partial charge in [-0.1, -0.05) is 20.3 Å². The van der Waals surface area contributed by atoms with Gasteiger partial charge in [-0.25, -0.2) is 4.98 Å². The molecule has 0 bridgehead atoms. The van der Waals surface area contributed by atoms with Crippen molar-refractivity contribution < 1.29 is 4.79 Å². The summed E-state index contributed by atoms with van der Waals surface area (Å²) in [5.74, 6) is 1.26. The number of hydrogen-bond donors (Lipinski definition) is 1. The number of carbonyl (C=O) groups is 1. The normalized spacial score (nSPS) is 19.7. The molecule has 0 aromatic carbocycles. The van der Waals surface area contributed by atoms with Crippen LogP contribution in [-0.4, -0.2) is 28.9 Å². The lowest BCUT2D eigenvalue weighted by molar-refractivity contribution is 0.0760. The molecule has 1 aromatic heterocycles. The Bertz CT molecular complexity index is 473. The first kappa shape index (κ1) is 14.8. The second-order valence-electron chi connectivity index (χ2n) is 5.85. The Kier molecular flexibility index (Phi) is 4.99. The zero-order valence-corrected chi connectivity index (χ0v) is 12.6. The summed E-state index contributed by atoms with van der Waals surface area (Å²) < 4.78 is 0. The summed E-state index contributed by atoms with van der Waals surface area (Å²) in [5.41, 5.74) is 7.43. The highest BCUT2D eigenvalue weighted by Crippen LogP contribution is 2.19. The molecule has 110 valence electrons. The van der Waals surface area contributed by atoms with Gasteiger partial charge in [-0.15, -0.1) is 0 Å². The van der Waals surface area contributed by atoms with Crippen molar-refractivity contribution in [1.82, 2.24) is 9.88 Å². The Morgan fingerprint density at radius 3 is 2.95 bits per heavy atom. The molecular formula is C16H25N3O. The second kappa shape index (κ2) is 6.73. The highest BCUT2D eigenvalue weighted by molar-refractivity contribution is 5.95. The van der Waals surface area contributed by atoms with E-state index in [1.54, 1.807) is 6.07 Å². The molecule has 0 radical (unpaired) electrons. The summed E-state index contributed by atoms with van der Waals surface area (Å²) in [7, 11) is 0. The van der Waals surface area contributed by atoms with Crippen LogP contribution < -0.4 is 5.73 Å². The van der Waals surface area contributed by atoms with Gasteiger partial charge in [-0.05, 0) is 43.7 Å². The van der Waals surface area contributed by atoms with Crippen molar-refractivity contribution in [2.24, 2.45) is 5.92 Å². The Labute approximate surface area is 121 Å². The number of aromatic nitrogens is 1. The Morgan fingerprint density at radius 2 is 2.20 bits per heavy atom. The summed E-state index contributed by atoms with van der Waals surface area (Å²) in [6.45, 7) is 6.07. The van der Waals surface area contributed by atoms with E-state index in [9.17, 15) is 4.79 Å². The monoisotopic (exact) mass is 275 g/mol. The Morgan fingerprint density at radius 1 is 1.40 bits per heavy atom. The number of nitrogens with zero attached hydrogens (tertiary/aromatic N) is 2. The first-order valence-electron chi connectivity index (χ1n) is 7.66. The first-order chi connectivity index (χ1) is 9.60. The van der Waals surface area contributed by atoms with E-state index in [1.165, 1.54) is 6.42 Å². The van der Waals surface area contributed by atoms with Gasteiger partial charge in [-0.2, -0.15) is 0 Å². The Balaban J connectivity index is 2.15. The van der Waals surface area contributed by atoms with E-state index >= 15 is 0 Å². The minimum absolute atomic E-state index is 0.102. The van der Waals surface area contributed by atoms with E-state index in [0.717, 1.165) is 44.5 Å². The molecule has 1 saturated heterocycles. The van der Waals surface area contributed by atoms with E-state index in [0.29, 0.717) is 17.3 Å². The molecule has 1 amide bonds. The number of carbonyl (C=O) groups excluding carboxylic acids is 1. The van der Waals surface area contributed by atoms with Gasteiger partial charge in [0.15, 0.2) is 0 Å². The lowest BCUT2D eigenvalue weighted by atomic mass is 10.0. The van der Waals surface area contributed by atoms with Crippen molar-refractivity contribution in [1.29, 1.82) is 0 Å². The maximum atomic E-state index is 12.6. The topological polar surface area (TPSA) is 59.2 Å². The van der Waals surface area contributed by atoms with Gasteiger partial charge in [-0.3, -0.25) is 4.79 Å². The van der Waals surface area contributed by atoms with Crippen molar-refractivity contribution >= 4 is 11.7 Å². The van der Waals surface area contributed by atoms with Crippen molar-refractivity contribution in [2.45, 2.75) is 46.0 Å². The molecule has 20 heavy (non-hydrogen) atoms. The summed E-state index contributed by atoms with van der Waals surface area (Å²) in [5, 5.41) is 0. The molecule has 1 unspecified atom stereocenters. The average molecular weight is 275 g/mol.